The van der Waals surface area contributed by atoms with E-state index in [9.17, 15) is 13.2 Å². The molecule has 5 nitrogen and oxygen atoms in total. The molecular formula is C21H23BrN2O3S. The average Bonchev–Trinajstić information content (AvgIpc) is 3.24. The highest BCUT2D eigenvalue weighted by molar-refractivity contribution is 9.10. The molecule has 2 aromatic rings. The van der Waals surface area contributed by atoms with Gasteiger partial charge in [0.2, 0.25) is 10.0 Å². The summed E-state index contributed by atoms with van der Waals surface area (Å²) in [6.45, 7) is 1.08. The molecule has 1 aliphatic heterocycles. The Hall–Kier alpha value is -1.70. The van der Waals surface area contributed by atoms with Crippen LogP contribution in [0.4, 0.5) is 0 Å². The molecule has 1 amide bonds. The van der Waals surface area contributed by atoms with Crippen molar-refractivity contribution in [2.24, 2.45) is 0 Å². The minimum atomic E-state index is -3.56. The number of hydrogen-bond acceptors (Lipinski definition) is 3. The quantitative estimate of drug-likeness (QED) is 0.745. The second-order valence-corrected chi connectivity index (χ2v) is 10.2. The van der Waals surface area contributed by atoms with Crippen LogP contribution in [0.1, 0.15) is 53.2 Å². The van der Waals surface area contributed by atoms with Crippen LogP contribution in [-0.2, 0) is 16.4 Å². The maximum Gasteiger partial charge on any atom is 0.252 e. The third kappa shape index (κ3) is 3.75. The number of fused-ring (bicyclic) bond motifs is 1. The first kappa shape index (κ1) is 19.6. The van der Waals surface area contributed by atoms with Crippen LogP contribution >= 0.6 is 15.9 Å². The Morgan fingerprint density at radius 2 is 1.82 bits per heavy atom. The first-order chi connectivity index (χ1) is 13.5. The Balaban J connectivity index is 1.60. The van der Waals surface area contributed by atoms with Crippen molar-refractivity contribution >= 4 is 31.9 Å². The Bertz CT molecular complexity index is 1000. The molecule has 1 saturated heterocycles. The second-order valence-electron chi connectivity index (χ2n) is 7.37. The molecule has 7 heteroatoms. The van der Waals surface area contributed by atoms with Gasteiger partial charge >= 0.3 is 0 Å². The SMILES string of the molecule is O=C(NC1CCCc2ccccc21)c1cc(S(=O)(=O)N2CCCC2)ccc1Br. The summed E-state index contributed by atoms with van der Waals surface area (Å²) in [7, 11) is -3.56. The van der Waals surface area contributed by atoms with Crippen LogP contribution in [0, 0.1) is 0 Å². The number of aryl methyl sites for hydroxylation is 1. The van der Waals surface area contributed by atoms with E-state index in [4.69, 9.17) is 0 Å². The maximum absolute atomic E-state index is 13.0. The summed E-state index contributed by atoms with van der Waals surface area (Å²) in [6.07, 6.45) is 4.68. The van der Waals surface area contributed by atoms with Gasteiger partial charge in [-0.15, -0.1) is 0 Å². The highest BCUT2D eigenvalue weighted by Crippen LogP contribution is 2.31. The van der Waals surface area contributed by atoms with E-state index in [-0.39, 0.29) is 16.8 Å². The van der Waals surface area contributed by atoms with Crippen LogP contribution < -0.4 is 5.32 Å². The van der Waals surface area contributed by atoms with Crippen molar-refractivity contribution in [2.75, 3.05) is 13.1 Å². The van der Waals surface area contributed by atoms with Crippen LogP contribution in [0.15, 0.2) is 51.8 Å². The Morgan fingerprint density at radius 3 is 2.61 bits per heavy atom. The van der Waals surface area contributed by atoms with Crippen molar-refractivity contribution in [3.63, 3.8) is 0 Å². The molecule has 148 valence electrons. The highest BCUT2D eigenvalue weighted by atomic mass is 79.9. The topological polar surface area (TPSA) is 66.5 Å². The molecule has 1 N–H and O–H groups in total. The highest BCUT2D eigenvalue weighted by Gasteiger charge is 2.29. The minimum absolute atomic E-state index is 0.0526. The van der Waals surface area contributed by atoms with E-state index in [0.717, 1.165) is 37.7 Å². The number of amides is 1. The summed E-state index contributed by atoms with van der Waals surface area (Å²) in [5.74, 6) is -0.257. The lowest BCUT2D eigenvalue weighted by atomic mass is 9.87. The number of carbonyl (C=O) groups excluding carboxylic acids is 1. The fourth-order valence-electron chi connectivity index (χ4n) is 4.06. The van der Waals surface area contributed by atoms with Gasteiger partial charge in [0, 0.05) is 17.6 Å². The predicted octanol–water partition coefficient (Wildman–Crippen LogP) is 4.04. The van der Waals surface area contributed by atoms with Gasteiger partial charge < -0.3 is 5.32 Å². The smallest absolute Gasteiger partial charge is 0.252 e. The van der Waals surface area contributed by atoms with Gasteiger partial charge in [-0.3, -0.25) is 4.79 Å². The average molecular weight is 463 g/mol. The summed E-state index contributed by atoms with van der Waals surface area (Å²) in [6, 6.07) is 12.8. The fourth-order valence-corrected chi connectivity index (χ4v) is 6.03. The van der Waals surface area contributed by atoms with Gasteiger partial charge in [0.25, 0.3) is 5.91 Å². The Labute approximate surface area is 174 Å². The number of hydrogen-bond donors (Lipinski definition) is 1. The molecule has 0 spiro atoms. The first-order valence-corrected chi connectivity index (χ1v) is 11.9. The van der Waals surface area contributed by atoms with Crippen LogP contribution in [-0.4, -0.2) is 31.7 Å². The number of nitrogens with one attached hydrogen (secondary N) is 1. The van der Waals surface area contributed by atoms with Gasteiger partial charge in [-0.1, -0.05) is 24.3 Å². The summed E-state index contributed by atoms with van der Waals surface area (Å²) < 4.78 is 27.8. The number of rotatable bonds is 4. The van der Waals surface area contributed by atoms with Crippen molar-refractivity contribution in [1.29, 1.82) is 0 Å². The van der Waals surface area contributed by atoms with Crippen LogP contribution in [0.5, 0.6) is 0 Å². The van der Waals surface area contributed by atoms with E-state index < -0.39 is 10.0 Å². The van der Waals surface area contributed by atoms with E-state index >= 15 is 0 Å². The Morgan fingerprint density at radius 1 is 1.07 bits per heavy atom. The van der Waals surface area contributed by atoms with Crippen molar-refractivity contribution < 1.29 is 13.2 Å². The molecule has 1 aliphatic carbocycles. The summed E-state index contributed by atoms with van der Waals surface area (Å²) >= 11 is 3.41. The van der Waals surface area contributed by atoms with Crippen LogP contribution in [0.2, 0.25) is 0 Å². The summed E-state index contributed by atoms with van der Waals surface area (Å²) in [5.41, 5.74) is 2.77. The van der Waals surface area contributed by atoms with E-state index in [1.807, 2.05) is 12.1 Å². The van der Waals surface area contributed by atoms with Gasteiger partial charge in [-0.25, -0.2) is 8.42 Å². The zero-order valence-electron chi connectivity index (χ0n) is 15.5. The van der Waals surface area contributed by atoms with E-state index in [0.29, 0.717) is 23.1 Å². The molecule has 4 rings (SSSR count). The van der Waals surface area contributed by atoms with Crippen molar-refractivity contribution in [1.82, 2.24) is 9.62 Å². The lowest BCUT2D eigenvalue weighted by Crippen LogP contribution is -2.32. The summed E-state index contributed by atoms with van der Waals surface area (Å²) in [5, 5.41) is 3.10. The van der Waals surface area contributed by atoms with Gasteiger partial charge in [0.1, 0.15) is 0 Å². The van der Waals surface area contributed by atoms with Crippen LogP contribution in [0.3, 0.4) is 0 Å². The molecule has 2 aromatic carbocycles. The van der Waals surface area contributed by atoms with Gasteiger partial charge in [-0.2, -0.15) is 4.31 Å². The standard InChI is InChI=1S/C21H23BrN2O3S/c22-19-11-10-16(28(26,27)24-12-3-4-13-24)14-18(19)21(25)23-20-9-5-7-15-6-1-2-8-17(15)20/h1-2,6,8,10-11,14,20H,3-5,7,9,12-13H2,(H,23,25). The van der Waals surface area contributed by atoms with Gasteiger partial charge in [0.15, 0.2) is 0 Å². The number of sulfonamides is 1. The van der Waals surface area contributed by atoms with Crippen molar-refractivity contribution in [2.45, 2.75) is 43.0 Å². The molecule has 1 fully saturated rings. The molecule has 0 radical (unpaired) electrons. The summed E-state index contributed by atoms with van der Waals surface area (Å²) in [4.78, 5) is 13.2. The largest absolute Gasteiger partial charge is 0.345 e. The molecule has 2 aliphatic rings. The zero-order chi connectivity index (χ0) is 19.7. The molecular weight excluding hydrogens is 440 g/mol. The lowest BCUT2D eigenvalue weighted by Gasteiger charge is -2.26. The normalized spacial score (nSPS) is 20.0. The molecule has 1 unspecified atom stereocenters. The molecule has 0 saturated carbocycles. The molecule has 0 bridgehead atoms. The van der Waals surface area contributed by atoms with Gasteiger partial charge in [0.05, 0.1) is 16.5 Å². The minimum Gasteiger partial charge on any atom is -0.345 e. The monoisotopic (exact) mass is 462 g/mol. The third-order valence-corrected chi connectivity index (χ3v) is 8.15. The molecule has 28 heavy (non-hydrogen) atoms. The number of nitrogens with zero attached hydrogens (tertiary/aromatic N) is 1. The second kappa shape index (κ2) is 7.97. The predicted molar refractivity (Wildman–Crippen MR) is 112 cm³/mol. The number of benzene rings is 2. The third-order valence-electron chi connectivity index (χ3n) is 5.56. The Kier molecular flexibility index (Phi) is 5.58. The first-order valence-electron chi connectivity index (χ1n) is 9.65. The molecule has 1 heterocycles. The van der Waals surface area contributed by atoms with Gasteiger partial charge in [-0.05, 0) is 77.4 Å². The van der Waals surface area contributed by atoms with Crippen molar-refractivity contribution in [3.8, 4) is 0 Å². The van der Waals surface area contributed by atoms with E-state index in [1.54, 1.807) is 12.1 Å². The molecule has 0 aromatic heterocycles. The van der Waals surface area contributed by atoms with Crippen molar-refractivity contribution in [3.05, 3.63) is 63.6 Å². The zero-order valence-corrected chi connectivity index (χ0v) is 17.9. The number of carbonyl (C=O) groups is 1. The van der Waals surface area contributed by atoms with Crippen LogP contribution in [0.25, 0.3) is 0 Å². The van der Waals surface area contributed by atoms with E-state index in [2.05, 4.69) is 33.4 Å². The maximum atomic E-state index is 13.0. The number of halogens is 1. The van der Waals surface area contributed by atoms with E-state index in [1.165, 1.54) is 15.9 Å². The lowest BCUT2D eigenvalue weighted by molar-refractivity contribution is 0.0931. The fraction of sp³-hybridized carbons (Fsp3) is 0.381. The molecule has 1 atom stereocenters.